The number of benzene rings is 1. The molecule has 0 fully saturated rings. The molecule has 0 heterocycles. The van der Waals surface area contributed by atoms with E-state index in [0.717, 1.165) is 11.1 Å². The van der Waals surface area contributed by atoms with Crippen molar-refractivity contribution in [1.29, 1.82) is 0 Å². The molecule has 132 valence electrons. The van der Waals surface area contributed by atoms with E-state index in [2.05, 4.69) is 6.58 Å². The summed E-state index contributed by atoms with van der Waals surface area (Å²) in [5.74, 6) is -0.333. The minimum atomic E-state index is -3.46. The molecule has 24 heavy (non-hydrogen) atoms. The molecule has 0 saturated carbocycles. The van der Waals surface area contributed by atoms with Crippen LogP contribution >= 0.6 is 0 Å². The van der Waals surface area contributed by atoms with Gasteiger partial charge in [0.05, 0.1) is 10.1 Å². The second-order valence-electron chi connectivity index (χ2n) is 6.08. The van der Waals surface area contributed by atoms with Crippen LogP contribution in [0.4, 0.5) is 0 Å². The highest BCUT2D eigenvalue weighted by Crippen LogP contribution is 2.26. The van der Waals surface area contributed by atoms with Crippen molar-refractivity contribution < 1.29 is 17.9 Å². The molecule has 0 bridgehead atoms. The summed E-state index contributed by atoms with van der Waals surface area (Å²) < 4.78 is 30.6. The van der Waals surface area contributed by atoms with E-state index in [0.29, 0.717) is 23.3 Å². The van der Waals surface area contributed by atoms with Gasteiger partial charge >= 0.3 is 5.97 Å². The van der Waals surface area contributed by atoms with Crippen molar-refractivity contribution in [1.82, 2.24) is 0 Å². The zero-order chi connectivity index (χ0) is 18.3. The average molecular weight is 350 g/mol. The molecule has 1 atom stereocenters. The predicted octanol–water partition coefficient (Wildman–Crippen LogP) is 4.00. The summed E-state index contributed by atoms with van der Waals surface area (Å²) in [4.78, 5) is 11.1. The number of allylic oxidation sites excluding steroid dienone is 1. The van der Waals surface area contributed by atoms with E-state index in [-0.39, 0.29) is 12.6 Å². The Bertz CT molecular complexity index is 712. The number of carbonyl (C=O) groups is 1. The van der Waals surface area contributed by atoms with Crippen molar-refractivity contribution in [2.24, 2.45) is 0 Å². The van der Waals surface area contributed by atoms with Gasteiger partial charge in [-0.25, -0.2) is 8.42 Å². The highest BCUT2D eigenvalue weighted by atomic mass is 32.2. The summed E-state index contributed by atoms with van der Waals surface area (Å²) in [5, 5.41) is -0.628. The van der Waals surface area contributed by atoms with E-state index < -0.39 is 15.1 Å². The molecule has 5 heteroatoms. The average Bonchev–Trinajstić information content (AvgIpc) is 2.46. The zero-order valence-corrected chi connectivity index (χ0v) is 15.7. The number of sulfone groups is 1. The SMILES string of the molecule is C=C(C)[C@H](CC/C(C)=C\COC(C)=O)S(=O)(=O)c1ccc(C)cc1. The molecule has 1 rings (SSSR count). The lowest BCUT2D eigenvalue weighted by Gasteiger charge is -2.18. The fraction of sp³-hybridized carbons (Fsp3) is 0.421. The topological polar surface area (TPSA) is 60.4 Å². The molecule has 1 aromatic rings. The summed E-state index contributed by atoms with van der Waals surface area (Å²) >= 11 is 0. The molecule has 4 nitrogen and oxygen atoms in total. The molecule has 0 spiro atoms. The van der Waals surface area contributed by atoms with Crippen LogP contribution in [0.25, 0.3) is 0 Å². The lowest BCUT2D eigenvalue weighted by atomic mass is 10.1. The van der Waals surface area contributed by atoms with Gasteiger partial charge in [-0.1, -0.05) is 35.4 Å². The monoisotopic (exact) mass is 350 g/mol. The van der Waals surface area contributed by atoms with Gasteiger partial charge in [0, 0.05) is 6.92 Å². The molecule has 0 aliphatic heterocycles. The maximum Gasteiger partial charge on any atom is 0.302 e. The van der Waals surface area contributed by atoms with E-state index in [4.69, 9.17) is 4.74 Å². The third-order valence-electron chi connectivity index (χ3n) is 3.79. The van der Waals surface area contributed by atoms with Crippen molar-refractivity contribution in [3.63, 3.8) is 0 Å². The largest absolute Gasteiger partial charge is 0.462 e. The van der Waals surface area contributed by atoms with Crippen LogP contribution in [0.1, 0.15) is 39.2 Å². The molecule has 0 unspecified atom stereocenters. The van der Waals surface area contributed by atoms with Gasteiger partial charge in [0.15, 0.2) is 9.84 Å². The van der Waals surface area contributed by atoms with Crippen molar-refractivity contribution in [3.8, 4) is 0 Å². The number of ether oxygens (including phenoxy) is 1. The third-order valence-corrected chi connectivity index (χ3v) is 6.11. The molecule has 0 N–H and O–H groups in total. The van der Waals surface area contributed by atoms with Crippen LogP contribution in [0.3, 0.4) is 0 Å². The summed E-state index contributed by atoms with van der Waals surface area (Å²) in [7, 11) is -3.46. The summed E-state index contributed by atoms with van der Waals surface area (Å²) in [6.45, 7) is 11.0. The molecule has 0 saturated heterocycles. The van der Waals surface area contributed by atoms with Gasteiger partial charge in [-0.3, -0.25) is 4.79 Å². The number of rotatable bonds is 8. The van der Waals surface area contributed by atoms with Crippen LogP contribution in [-0.2, 0) is 19.4 Å². The molecular weight excluding hydrogens is 324 g/mol. The van der Waals surface area contributed by atoms with Crippen LogP contribution in [0.15, 0.2) is 53.0 Å². The Morgan fingerprint density at radius 1 is 1.21 bits per heavy atom. The first-order chi connectivity index (χ1) is 11.1. The Labute approximate surface area is 145 Å². The van der Waals surface area contributed by atoms with Crippen LogP contribution in [-0.4, -0.2) is 26.2 Å². The van der Waals surface area contributed by atoms with Crippen LogP contribution in [0, 0.1) is 6.92 Å². The van der Waals surface area contributed by atoms with E-state index in [1.807, 2.05) is 13.8 Å². The molecule has 0 aromatic heterocycles. The van der Waals surface area contributed by atoms with Crippen LogP contribution in [0.5, 0.6) is 0 Å². The van der Waals surface area contributed by atoms with Crippen molar-refractivity contribution >= 4 is 15.8 Å². The second-order valence-corrected chi connectivity index (χ2v) is 8.22. The van der Waals surface area contributed by atoms with Gasteiger partial charge < -0.3 is 4.74 Å². The first-order valence-electron chi connectivity index (χ1n) is 7.89. The number of esters is 1. The number of hydrogen-bond acceptors (Lipinski definition) is 4. The summed E-state index contributed by atoms with van der Waals surface area (Å²) in [5.41, 5.74) is 2.63. The fourth-order valence-electron chi connectivity index (χ4n) is 2.32. The lowest BCUT2D eigenvalue weighted by Crippen LogP contribution is -2.22. The smallest absolute Gasteiger partial charge is 0.302 e. The fourth-order valence-corrected chi connectivity index (χ4v) is 4.12. The number of hydrogen-bond donors (Lipinski definition) is 0. The minimum Gasteiger partial charge on any atom is -0.462 e. The molecule has 0 radical (unpaired) electrons. The second kappa shape index (κ2) is 8.83. The minimum absolute atomic E-state index is 0.212. The summed E-state index contributed by atoms with van der Waals surface area (Å²) in [6, 6.07) is 6.88. The van der Waals surface area contributed by atoms with Crippen LogP contribution < -0.4 is 0 Å². The van der Waals surface area contributed by atoms with Gasteiger partial charge in [-0.15, -0.1) is 0 Å². The highest BCUT2D eigenvalue weighted by molar-refractivity contribution is 7.92. The van der Waals surface area contributed by atoms with Gasteiger partial charge in [0.1, 0.15) is 6.61 Å². The highest BCUT2D eigenvalue weighted by Gasteiger charge is 2.27. The third kappa shape index (κ3) is 5.96. The lowest BCUT2D eigenvalue weighted by molar-refractivity contribution is -0.139. The Morgan fingerprint density at radius 2 is 1.79 bits per heavy atom. The van der Waals surface area contributed by atoms with Crippen molar-refractivity contribution in [2.75, 3.05) is 6.61 Å². The normalized spacial score (nSPS) is 13.4. The van der Waals surface area contributed by atoms with Crippen molar-refractivity contribution in [3.05, 3.63) is 53.6 Å². The Kier molecular flexibility index (Phi) is 7.42. The van der Waals surface area contributed by atoms with Crippen molar-refractivity contribution in [2.45, 2.75) is 50.7 Å². The van der Waals surface area contributed by atoms with Gasteiger partial charge in [-0.05, 0) is 51.8 Å². The maximum absolute atomic E-state index is 12.9. The molecule has 0 aliphatic carbocycles. The molecular formula is C19H26O4S. The standard InChI is InChI=1S/C19H26O4S/c1-14(2)19(11-8-16(4)12-13-23-17(5)20)24(21,22)18-9-6-15(3)7-10-18/h6-7,9-10,12,19H,1,8,11,13H2,2-5H3/b16-12-/t19-/m0/s1. The number of carbonyl (C=O) groups excluding carboxylic acids is 1. The van der Waals surface area contributed by atoms with Gasteiger partial charge in [0.2, 0.25) is 0 Å². The quantitative estimate of drug-likeness (QED) is 0.525. The van der Waals surface area contributed by atoms with Crippen LogP contribution in [0.2, 0.25) is 0 Å². The predicted molar refractivity (Wildman–Crippen MR) is 96.6 cm³/mol. The van der Waals surface area contributed by atoms with E-state index in [1.54, 1.807) is 37.3 Å². The summed E-state index contributed by atoms with van der Waals surface area (Å²) in [6.07, 6.45) is 2.85. The number of aryl methyl sites for hydroxylation is 1. The zero-order valence-electron chi connectivity index (χ0n) is 14.8. The maximum atomic E-state index is 12.9. The first-order valence-corrected chi connectivity index (χ1v) is 9.44. The first kappa shape index (κ1) is 20.2. The van der Waals surface area contributed by atoms with E-state index in [1.165, 1.54) is 6.92 Å². The molecule has 0 aliphatic rings. The Morgan fingerprint density at radius 3 is 2.29 bits per heavy atom. The molecule has 0 amide bonds. The Balaban J connectivity index is 2.85. The van der Waals surface area contributed by atoms with Gasteiger partial charge in [0.25, 0.3) is 0 Å². The van der Waals surface area contributed by atoms with Gasteiger partial charge in [-0.2, -0.15) is 0 Å². The molecule has 1 aromatic carbocycles. The Hall–Kier alpha value is -1.88. The van der Waals surface area contributed by atoms with E-state index in [9.17, 15) is 13.2 Å². The van der Waals surface area contributed by atoms with E-state index >= 15 is 0 Å².